The second-order valence-corrected chi connectivity index (χ2v) is 5.86. The first-order chi connectivity index (χ1) is 11.4. The fourth-order valence-electron chi connectivity index (χ4n) is 2.63. The molecule has 0 aliphatic carbocycles. The van der Waals surface area contributed by atoms with Gasteiger partial charge in [0.25, 0.3) is 11.6 Å². The number of benzene rings is 1. The van der Waals surface area contributed by atoms with Gasteiger partial charge in [-0.25, -0.2) is 4.79 Å². The minimum absolute atomic E-state index is 0.297. The highest BCUT2D eigenvalue weighted by Gasteiger charge is 2.20. The number of imidazole rings is 1. The first kappa shape index (κ1) is 16.3. The highest BCUT2D eigenvalue weighted by Crippen LogP contribution is 2.21. The zero-order valence-corrected chi connectivity index (χ0v) is 14.4. The van der Waals surface area contributed by atoms with Crippen LogP contribution in [0.2, 0.25) is 5.02 Å². The minimum Gasteiger partial charge on any atom is -0.465 e. The van der Waals surface area contributed by atoms with Crippen LogP contribution in [0.1, 0.15) is 12.5 Å². The van der Waals surface area contributed by atoms with E-state index in [-0.39, 0.29) is 0 Å². The lowest BCUT2D eigenvalue weighted by Gasteiger charge is -2.09. The van der Waals surface area contributed by atoms with Crippen molar-refractivity contribution in [2.45, 2.75) is 13.5 Å². The maximum absolute atomic E-state index is 12.6. The van der Waals surface area contributed by atoms with E-state index in [1.54, 1.807) is 17.7 Å². The molecule has 0 fully saturated rings. The third kappa shape index (κ3) is 2.60. The van der Waals surface area contributed by atoms with Gasteiger partial charge in [0.15, 0.2) is 11.2 Å². The molecular formula is C16H17ClN4O3. The Bertz CT molecular complexity index is 1030. The maximum Gasteiger partial charge on any atom is 0.332 e. The normalized spacial score (nSPS) is 11.2. The van der Waals surface area contributed by atoms with Crippen LogP contribution in [0.15, 0.2) is 33.9 Å². The van der Waals surface area contributed by atoms with Crippen molar-refractivity contribution in [1.29, 1.82) is 0 Å². The van der Waals surface area contributed by atoms with Gasteiger partial charge in [-0.3, -0.25) is 18.5 Å². The van der Waals surface area contributed by atoms with Crippen LogP contribution < -0.4 is 16.0 Å². The first-order valence-electron chi connectivity index (χ1n) is 7.47. The summed E-state index contributed by atoms with van der Waals surface area (Å²) in [5.74, 6) is 0. The van der Waals surface area contributed by atoms with E-state index in [9.17, 15) is 9.59 Å². The largest absolute Gasteiger partial charge is 0.465 e. The summed E-state index contributed by atoms with van der Waals surface area (Å²) in [5.41, 5.74) is 0.687. The average Bonchev–Trinajstić information content (AvgIpc) is 2.90. The molecule has 0 unspecified atom stereocenters. The van der Waals surface area contributed by atoms with Gasteiger partial charge < -0.3 is 4.74 Å². The quantitative estimate of drug-likeness (QED) is 0.717. The molecule has 24 heavy (non-hydrogen) atoms. The minimum atomic E-state index is -0.428. The number of hydrogen-bond donors (Lipinski definition) is 0. The predicted molar refractivity (Wildman–Crippen MR) is 91.9 cm³/mol. The number of halogens is 1. The topological polar surface area (TPSA) is 71.1 Å². The Balaban J connectivity index is 2.30. The van der Waals surface area contributed by atoms with Crippen LogP contribution in [0.25, 0.3) is 11.2 Å². The average molecular weight is 349 g/mol. The van der Waals surface area contributed by atoms with Gasteiger partial charge in [0.2, 0.25) is 0 Å². The molecule has 0 bridgehead atoms. The Morgan fingerprint density at radius 3 is 2.62 bits per heavy atom. The highest BCUT2D eigenvalue weighted by atomic mass is 35.5. The third-order valence-corrected chi connectivity index (χ3v) is 4.05. The Hall–Kier alpha value is -2.54. The molecular weight excluding hydrogens is 332 g/mol. The molecule has 0 aliphatic heterocycles. The molecule has 0 radical (unpaired) electrons. The molecule has 0 atom stereocenters. The molecule has 2 heterocycles. The van der Waals surface area contributed by atoms with Crippen LogP contribution in [-0.2, 0) is 20.6 Å². The van der Waals surface area contributed by atoms with Crippen molar-refractivity contribution in [1.82, 2.24) is 18.7 Å². The van der Waals surface area contributed by atoms with Crippen molar-refractivity contribution in [3.8, 4) is 6.01 Å². The molecule has 0 saturated heterocycles. The zero-order chi connectivity index (χ0) is 17.4. The fraction of sp³-hybridized carbons (Fsp3) is 0.312. The lowest BCUT2D eigenvalue weighted by Crippen LogP contribution is -2.37. The van der Waals surface area contributed by atoms with Crippen LogP contribution in [0.5, 0.6) is 6.01 Å². The third-order valence-electron chi connectivity index (χ3n) is 3.82. The standard InChI is InChI=1S/C16H17ClN4O3/c1-4-24-15-18-13-12(14(22)20(3)16(23)19(13)2)21(15)9-10-6-5-7-11(17)8-10/h5-8H,4,9H2,1-3H3. The van der Waals surface area contributed by atoms with Crippen molar-refractivity contribution < 1.29 is 4.74 Å². The van der Waals surface area contributed by atoms with E-state index in [4.69, 9.17) is 16.3 Å². The number of rotatable bonds is 4. The molecule has 1 aromatic carbocycles. The summed E-state index contributed by atoms with van der Waals surface area (Å²) in [6.07, 6.45) is 0. The van der Waals surface area contributed by atoms with Crippen molar-refractivity contribution >= 4 is 22.8 Å². The molecule has 7 nitrogen and oxygen atoms in total. The Kier molecular flexibility index (Phi) is 4.19. The Labute approximate surface area is 142 Å². The number of ether oxygens (including phenoxy) is 1. The summed E-state index contributed by atoms with van der Waals surface area (Å²) < 4.78 is 9.65. The smallest absolute Gasteiger partial charge is 0.332 e. The number of aromatic nitrogens is 4. The Morgan fingerprint density at radius 2 is 1.96 bits per heavy atom. The first-order valence-corrected chi connectivity index (χ1v) is 7.85. The number of fused-ring (bicyclic) bond motifs is 1. The van der Waals surface area contributed by atoms with Crippen molar-refractivity contribution in [3.05, 3.63) is 55.7 Å². The van der Waals surface area contributed by atoms with Crippen molar-refractivity contribution in [2.24, 2.45) is 14.1 Å². The van der Waals surface area contributed by atoms with Crippen LogP contribution >= 0.6 is 11.6 Å². The van der Waals surface area contributed by atoms with E-state index in [2.05, 4.69) is 4.98 Å². The Morgan fingerprint density at radius 1 is 1.21 bits per heavy atom. The molecule has 0 aliphatic rings. The molecule has 0 amide bonds. The van der Waals surface area contributed by atoms with Gasteiger partial charge in [-0.05, 0) is 24.6 Å². The summed E-state index contributed by atoms with van der Waals surface area (Å²) in [4.78, 5) is 29.0. The SMILES string of the molecule is CCOc1nc2c(c(=O)n(C)c(=O)n2C)n1Cc1cccc(Cl)c1. The fourth-order valence-corrected chi connectivity index (χ4v) is 2.84. The van der Waals surface area contributed by atoms with E-state index >= 15 is 0 Å². The molecule has 3 aromatic rings. The number of aryl methyl sites for hydroxylation is 1. The molecule has 3 rings (SSSR count). The van der Waals surface area contributed by atoms with Crippen LogP contribution in [0, 0.1) is 0 Å². The predicted octanol–water partition coefficient (Wildman–Crippen LogP) is 1.53. The molecule has 8 heteroatoms. The van der Waals surface area contributed by atoms with E-state index in [0.29, 0.717) is 35.3 Å². The summed E-state index contributed by atoms with van der Waals surface area (Å²) >= 11 is 6.04. The summed E-state index contributed by atoms with van der Waals surface area (Å²) in [5, 5.41) is 0.607. The maximum atomic E-state index is 12.6. The van der Waals surface area contributed by atoms with Gasteiger partial charge in [-0.2, -0.15) is 4.98 Å². The van der Waals surface area contributed by atoms with E-state index in [0.717, 1.165) is 10.1 Å². The second-order valence-electron chi connectivity index (χ2n) is 5.42. The van der Waals surface area contributed by atoms with Gasteiger partial charge >= 0.3 is 5.69 Å². The summed E-state index contributed by atoms with van der Waals surface area (Å²) in [6, 6.07) is 7.63. The van der Waals surface area contributed by atoms with Gasteiger partial charge in [0, 0.05) is 19.1 Å². The molecule has 2 aromatic heterocycles. The van der Waals surface area contributed by atoms with Crippen molar-refractivity contribution in [3.63, 3.8) is 0 Å². The summed E-state index contributed by atoms with van der Waals surface area (Å²) in [6.45, 7) is 2.59. The van der Waals surface area contributed by atoms with Gasteiger partial charge in [0.1, 0.15) is 0 Å². The van der Waals surface area contributed by atoms with E-state index in [1.165, 1.54) is 11.6 Å². The molecule has 0 spiro atoms. The van der Waals surface area contributed by atoms with Crippen LogP contribution in [0.3, 0.4) is 0 Å². The van der Waals surface area contributed by atoms with E-state index in [1.807, 2.05) is 25.1 Å². The molecule has 0 N–H and O–H groups in total. The lowest BCUT2D eigenvalue weighted by molar-refractivity contribution is 0.301. The highest BCUT2D eigenvalue weighted by molar-refractivity contribution is 6.30. The number of nitrogens with zero attached hydrogens (tertiary/aromatic N) is 4. The number of hydrogen-bond acceptors (Lipinski definition) is 4. The summed E-state index contributed by atoms with van der Waals surface area (Å²) in [7, 11) is 3.03. The molecule has 0 saturated carbocycles. The molecule has 126 valence electrons. The van der Waals surface area contributed by atoms with Crippen molar-refractivity contribution in [2.75, 3.05) is 6.61 Å². The van der Waals surface area contributed by atoms with Gasteiger partial charge in [0.05, 0.1) is 13.2 Å². The van der Waals surface area contributed by atoms with Crippen LogP contribution in [-0.4, -0.2) is 25.3 Å². The second kappa shape index (κ2) is 6.16. The van der Waals surface area contributed by atoms with Gasteiger partial charge in [-0.15, -0.1) is 0 Å². The van der Waals surface area contributed by atoms with E-state index < -0.39 is 11.2 Å². The van der Waals surface area contributed by atoms with Gasteiger partial charge in [-0.1, -0.05) is 23.7 Å². The monoisotopic (exact) mass is 348 g/mol. The zero-order valence-electron chi connectivity index (χ0n) is 13.6. The lowest BCUT2D eigenvalue weighted by atomic mass is 10.2. The van der Waals surface area contributed by atoms with Crippen LogP contribution in [0.4, 0.5) is 0 Å².